The summed E-state index contributed by atoms with van der Waals surface area (Å²) in [5.41, 5.74) is -0.983. The molecule has 1 aromatic carbocycles. The lowest BCUT2D eigenvalue weighted by Gasteiger charge is -2.41. The van der Waals surface area contributed by atoms with Gasteiger partial charge in [-0.25, -0.2) is 22.8 Å². The molecule has 1 saturated heterocycles. The van der Waals surface area contributed by atoms with Gasteiger partial charge in [-0.15, -0.1) is 5.10 Å². The average molecular weight is 454 g/mol. The lowest BCUT2D eigenvalue weighted by molar-refractivity contribution is -0.178. The summed E-state index contributed by atoms with van der Waals surface area (Å²) in [6, 6.07) is 5.62. The van der Waals surface area contributed by atoms with Gasteiger partial charge in [0.15, 0.2) is 17.5 Å². The predicted octanol–water partition coefficient (Wildman–Crippen LogP) is 1.53. The molecular formula is C19H17F3N4O4S. The molecule has 3 aromatic rings. The zero-order chi connectivity index (χ0) is 22.1. The maximum Gasteiger partial charge on any atom is 0.194 e. The van der Waals surface area contributed by atoms with Crippen molar-refractivity contribution in [3.8, 4) is 11.3 Å². The van der Waals surface area contributed by atoms with E-state index in [1.165, 1.54) is 6.20 Å². The predicted molar refractivity (Wildman–Crippen MR) is 102 cm³/mol. The molecule has 3 unspecified atom stereocenters. The Morgan fingerprint density at radius 1 is 1.10 bits per heavy atom. The number of aliphatic hydroxyl groups excluding tert-OH is 3. The standard InChI is InChI=1S/C19H17F3N4O4S/c20-10-5-9(6-11(21)15(10)22)12-7-26(25-24-12)16-17(28)13(8-27)30-19(18(16)29)31-14-3-1-2-4-23-14/h1-7,13,16-19,27-29H,8H2/t13?,16?,17-,18?,19+/m0/s1. The summed E-state index contributed by atoms with van der Waals surface area (Å²) in [4.78, 5) is 4.15. The van der Waals surface area contributed by atoms with E-state index in [9.17, 15) is 28.5 Å². The molecule has 0 amide bonds. The van der Waals surface area contributed by atoms with Crippen LogP contribution in [0, 0.1) is 17.5 Å². The molecule has 2 aromatic heterocycles. The van der Waals surface area contributed by atoms with Gasteiger partial charge in [-0.1, -0.05) is 23.0 Å². The van der Waals surface area contributed by atoms with Crippen molar-refractivity contribution in [2.24, 2.45) is 0 Å². The quantitative estimate of drug-likeness (QED) is 0.498. The SMILES string of the molecule is OCC1O[C@H](Sc2ccccn2)C(O)C(n2cc(-c3cc(F)c(F)c(F)c3)nn2)[C@H]1O. The lowest BCUT2D eigenvalue weighted by Crippen LogP contribution is -2.55. The highest BCUT2D eigenvalue weighted by Crippen LogP contribution is 2.37. The number of aromatic nitrogens is 4. The van der Waals surface area contributed by atoms with E-state index in [-0.39, 0.29) is 11.3 Å². The van der Waals surface area contributed by atoms with Crippen LogP contribution in [0.4, 0.5) is 13.2 Å². The number of rotatable bonds is 5. The first-order valence-corrected chi connectivity index (χ1v) is 10.0. The number of aliphatic hydroxyl groups is 3. The minimum Gasteiger partial charge on any atom is -0.394 e. The monoisotopic (exact) mass is 454 g/mol. The van der Waals surface area contributed by atoms with Gasteiger partial charge in [-0.3, -0.25) is 0 Å². The third-order valence-corrected chi connectivity index (χ3v) is 5.92. The summed E-state index contributed by atoms with van der Waals surface area (Å²) < 4.78 is 47.1. The van der Waals surface area contributed by atoms with Gasteiger partial charge in [0.1, 0.15) is 35.5 Å². The average Bonchev–Trinajstić information content (AvgIpc) is 3.24. The highest BCUT2D eigenvalue weighted by atomic mass is 32.2. The zero-order valence-corrected chi connectivity index (χ0v) is 16.5. The number of pyridine rings is 1. The number of benzene rings is 1. The number of hydrogen-bond acceptors (Lipinski definition) is 8. The maximum absolute atomic E-state index is 13.6. The van der Waals surface area contributed by atoms with E-state index in [2.05, 4.69) is 15.3 Å². The molecule has 4 rings (SSSR count). The Morgan fingerprint density at radius 3 is 2.48 bits per heavy atom. The Kier molecular flexibility index (Phi) is 6.25. The van der Waals surface area contributed by atoms with Gasteiger partial charge in [0, 0.05) is 11.8 Å². The highest BCUT2D eigenvalue weighted by Gasteiger charge is 2.46. The molecule has 1 aliphatic rings. The van der Waals surface area contributed by atoms with Crippen molar-refractivity contribution >= 4 is 11.8 Å². The van der Waals surface area contributed by atoms with Crippen LogP contribution in [0.5, 0.6) is 0 Å². The molecule has 12 heteroatoms. The molecule has 5 atom stereocenters. The van der Waals surface area contributed by atoms with Crippen molar-refractivity contribution in [2.75, 3.05) is 6.61 Å². The molecule has 8 nitrogen and oxygen atoms in total. The largest absolute Gasteiger partial charge is 0.394 e. The van der Waals surface area contributed by atoms with Gasteiger partial charge in [0.05, 0.1) is 17.8 Å². The van der Waals surface area contributed by atoms with E-state index in [4.69, 9.17) is 4.74 Å². The topological polar surface area (TPSA) is 114 Å². The van der Waals surface area contributed by atoms with Crippen molar-refractivity contribution in [1.82, 2.24) is 20.0 Å². The summed E-state index contributed by atoms with van der Waals surface area (Å²) >= 11 is 1.09. The van der Waals surface area contributed by atoms with Crippen LogP contribution in [0.25, 0.3) is 11.3 Å². The van der Waals surface area contributed by atoms with Crippen molar-refractivity contribution in [1.29, 1.82) is 0 Å². The van der Waals surface area contributed by atoms with Gasteiger partial charge in [0.2, 0.25) is 0 Å². The molecule has 31 heavy (non-hydrogen) atoms. The van der Waals surface area contributed by atoms with Crippen LogP contribution in [0.3, 0.4) is 0 Å². The van der Waals surface area contributed by atoms with Gasteiger partial charge >= 0.3 is 0 Å². The smallest absolute Gasteiger partial charge is 0.194 e. The highest BCUT2D eigenvalue weighted by molar-refractivity contribution is 7.99. The van der Waals surface area contributed by atoms with Crippen LogP contribution < -0.4 is 0 Å². The van der Waals surface area contributed by atoms with E-state index in [1.807, 2.05) is 0 Å². The van der Waals surface area contributed by atoms with Crippen molar-refractivity contribution < 1.29 is 33.2 Å². The fraction of sp³-hybridized carbons (Fsp3) is 0.316. The third-order valence-electron chi connectivity index (χ3n) is 4.82. The molecule has 1 fully saturated rings. The van der Waals surface area contributed by atoms with Crippen LogP contribution in [-0.2, 0) is 4.74 Å². The van der Waals surface area contributed by atoms with Gasteiger partial charge < -0.3 is 20.1 Å². The molecule has 3 heterocycles. The summed E-state index contributed by atoms with van der Waals surface area (Å²) in [5.74, 6) is -4.38. The van der Waals surface area contributed by atoms with Crippen LogP contribution in [0.2, 0.25) is 0 Å². The van der Waals surface area contributed by atoms with Crippen LogP contribution in [0.1, 0.15) is 6.04 Å². The third kappa shape index (κ3) is 4.29. The Morgan fingerprint density at radius 2 is 1.84 bits per heavy atom. The number of halogens is 3. The summed E-state index contributed by atoms with van der Waals surface area (Å²) in [6.07, 6.45) is -0.885. The van der Waals surface area contributed by atoms with Crippen LogP contribution in [0.15, 0.2) is 47.8 Å². The second-order valence-electron chi connectivity index (χ2n) is 6.82. The Balaban J connectivity index is 1.64. The minimum absolute atomic E-state index is 0.00169. The molecular weight excluding hydrogens is 437 g/mol. The number of nitrogens with zero attached hydrogens (tertiary/aromatic N) is 4. The lowest BCUT2D eigenvalue weighted by atomic mass is 9.97. The maximum atomic E-state index is 13.6. The normalized spacial score (nSPS) is 26.2. The number of hydrogen-bond donors (Lipinski definition) is 3. The van der Waals surface area contributed by atoms with Crippen molar-refractivity contribution in [2.45, 2.75) is 34.8 Å². The Labute approximate surface area is 178 Å². The molecule has 1 aliphatic heterocycles. The first-order valence-electron chi connectivity index (χ1n) is 9.16. The van der Waals surface area contributed by atoms with E-state index in [0.717, 1.165) is 28.6 Å². The molecule has 3 N–H and O–H groups in total. The molecule has 0 spiro atoms. The van der Waals surface area contributed by atoms with Crippen LogP contribution >= 0.6 is 11.8 Å². The number of thioether (sulfide) groups is 1. The molecule has 0 aliphatic carbocycles. The summed E-state index contributed by atoms with van der Waals surface area (Å²) in [6.45, 7) is -0.528. The summed E-state index contributed by atoms with van der Waals surface area (Å²) in [7, 11) is 0. The molecule has 164 valence electrons. The fourth-order valence-corrected chi connectivity index (χ4v) is 4.29. The molecule has 0 saturated carbocycles. The van der Waals surface area contributed by atoms with E-state index in [0.29, 0.717) is 5.03 Å². The zero-order valence-electron chi connectivity index (χ0n) is 15.7. The fourth-order valence-electron chi connectivity index (χ4n) is 3.27. The van der Waals surface area contributed by atoms with Crippen molar-refractivity contribution in [3.05, 3.63) is 60.2 Å². The van der Waals surface area contributed by atoms with Crippen LogP contribution in [-0.4, -0.2) is 65.7 Å². The van der Waals surface area contributed by atoms with E-state index < -0.39 is 53.8 Å². The minimum atomic E-state index is -1.61. The van der Waals surface area contributed by atoms with Gasteiger partial charge in [0.25, 0.3) is 0 Å². The van der Waals surface area contributed by atoms with E-state index in [1.54, 1.807) is 24.4 Å². The Bertz CT molecular complexity index is 1030. The second-order valence-corrected chi connectivity index (χ2v) is 7.94. The second kappa shape index (κ2) is 8.93. The van der Waals surface area contributed by atoms with E-state index >= 15 is 0 Å². The van der Waals surface area contributed by atoms with Crippen molar-refractivity contribution in [3.63, 3.8) is 0 Å². The summed E-state index contributed by atoms with van der Waals surface area (Å²) in [5, 5.41) is 39.3. The Hall–Kier alpha value is -2.51. The first-order chi connectivity index (χ1) is 14.9. The van der Waals surface area contributed by atoms with Gasteiger partial charge in [-0.2, -0.15) is 0 Å². The molecule has 0 radical (unpaired) electrons. The van der Waals surface area contributed by atoms with Gasteiger partial charge in [-0.05, 0) is 24.3 Å². The first kappa shape index (κ1) is 21.7. The molecule has 0 bridgehead atoms. The number of ether oxygens (including phenoxy) is 1.